The maximum absolute atomic E-state index is 10.9. The summed E-state index contributed by atoms with van der Waals surface area (Å²) in [6, 6.07) is 5.74. The number of nitrogens with two attached hydrogens (primary N) is 1. The quantitative estimate of drug-likeness (QED) is 0.791. The first-order chi connectivity index (χ1) is 7.59. The third-order valence-corrected chi connectivity index (χ3v) is 3.15. The van der Waals surface area contributed by atoms with Gasteiger partial charge in [0.15, 0.2) is 0 Å². The molecule has 4 heteroatoms. The maximum Gasteiger partial charge on any atom is 0.231 e. The number of rotatable bonds is 3. The highest BCUT2D eigenvalue weighted by Crippen LogP contribution is 2.38. The number of phenols is 1. The molecule has 1 aliphatic carbocycles. The maximum atomic E-state index is 10.9. The molecule has 1 aliphatic rings. The van der Waals surface area contributed by atoms with Crippen molar-refractivity contribution in [2.24, 2.45) is 5.73 Å². The number of aromatic hydroxyl groups is 1. The minimum Gasteiger partial charge on any atom is -0.508 e. The second-order valence-electron chi connectivity index (χ2n) is 4.28. The van der Waals surface area contributed by atoms with Gasteiger partial charge in [-0.2, -0.15) is 0 Å². The summed E-state index contributed by atoms with van der Waals surface area (Å²) in [6.07, 6.45) is 1.78. The van der Waals surface area contributed by atoms with Crippen LogP contribution in [0.5, 0.6) is 5.75 Å². The SMILES string of the molecule is CN(CC(N)=O)C1CCc2c(O)cccc21. The topological polar surface area (TPSA) is 66.6 Å². The predicted octanol–water partition coefficient (Wildman–Crippen LogP) is 0.797. The lowest BCUT2D eigenvalue weighted by Crippen LogP contribution is -2.32. The number of phenolic OH excluding ortho intramolecular Hbond substituents is 1. The summed E-state index contributed by atoms with van der Waals surface area (Å²) in [6.45, 7) is 0.250. The van der Waals surface area contributed by atoms with Crippen LogP contribution in [0, 0.1) is 0 Å². The van der Waals surface area contributed by atoms with Crippen LogP contribution in [-0.2, 0) is 11.2 Å². The van der Waals surface area contributed by atoms with Crippen molar-refractivity contribution < 1.29 is 9.90 Å². The Bertz CT molecular complexity index is 417. The molecule has 1 unspecified atom stereocenters. The summed E-state index contributed by atoms with van der Waals surface area (Å²) in [5.74, 6) is 0.0311. The first-order valence-electron chi connectivity index (χ1n) is 5.39. The van der Waals surface area contributed by atoms with E-state index < -0.39 is 0 Å². The van der Waals surface area contributed by atoms with Gasteiger partial charge in [0, 0.05) is 6.04 Å². The van der Waals surface area contributed by atoms with Crippen molar-refractivity contribution in [3.05, 3.63) is 29.3 Å². The van der Waals surface area contributed by atoms with E-state index in [1.807, 2.05) is 24.1 Å². The summed E-state index contributed by atoms with van der Waals surface area (Å²) < 4.78 is 0. The molecule has 2 rings (SSSR count). The lowest BCUT2D eigenvalue weighted by atomic mass is 10.1. The Morgan fingerprint density at radius 1 is 1.62 bits per heavy atom. The number of benzene rings is 1. The van der Waals surface area contributed by atoms with E-state index in [2.05, 4.69) is 0 Å². The molecule has 0 fully saturated rings. The second-order valence-corrected chi connectivity index (χ2v) is 4.28. The van der Waals surface area contributed by atoms with Gasteiger partial charge in [-0.05, 0) is 37.1 Å². The van der Waals surface area contributed by atoms with Gasteiger partial charge in [0.25, 0.3) is 0 Å². The van der Waals surface area contributed by atoms with Crippen molar-refractivity contribution >= 4 is 5.91 Å². The molecule has 1 atom stereocenters. The zero-order valence-electron chi connectivity index (χ0n) is 9.31. The van der Waals surface area contributed by atoms with Gasteiger partial charge in [-0.1, -0.05) is 12.1 Å². The van der Waals surface area contributed by atoms with Gasteiger partial charge in [-0.3, -0.25) is 9.69 Å². The van der Waals surface area contributed by atoms with Crippen molar-refractivity contribution in [2.45, 2.75) is 18.9 Å². The average molecular weight is 220 g/mol. The highest BCUT2D eigenvalue weighted by Gasteiger charge is 2.27. The predicted molar refractivity (Wildman–Crippen MR) is 61.0 cm³/mol. The van der Waals surface area contributed by atoms with Crippen LogP contribution in [0.3, 0.4) is 0 Å². The highest BCUT2D eigenvalue weighted by atomic mass is 16.3. The van der Waals surface area contributed by atoms with Crippen LogP contribution < -0.4 is 5.73 Å². The Morgan fingerprint density at radius 2 is 2.38 bits per heavy atom. The van der Waals surface area contributed by atoms with Crippen LogP contribution in [0.1, 0.15) is 23.6 Å². The average Bonchev–Trinajstić information content (AvgIpc) is 2.61. The van der Waals surface area contributed by atoms with Crippen molar-refractivity contribution in [1.29, 1.82) is 0 Å². The van der Waals surface area contributed by atoms with Crippen molar-refractivity contribution in [2.75, 3.05) is 13.6 Å². The van der Waals surface area contributed by atoms with Crippen LogP contribution in [0.2, 0.25) is 0 Å². The number of likely N-dealkylation sites (N-methyl/N-ethyl adjacent to an activating group) is 1. The van der Waals surface area contributed by atoms with Gasteiger partial charge >= 0.3 is 0 Å². The standard InChI is InChI=1S/C12H16N2O2/c1-14(7-12(13)16)10-6-5-9-8(10)3-2-4-11(9)15/h2-4,10,15H,5-7H2,1H3,(H2,13,16). The first kappa shape index (κ1) is 11.0. The molecule has 3 N–H and O–H groups in total. The Morgan fingerprint density at radius 3 is 3.06 bits per heavy atom. The zero-order valence-corrected chi connectivity index (χ0v) is 9.31. The van der Waals surface area contributed by atoms with E-state index in [1.54, 1.807) is 6.07 Å². The van der Waals surface area contributed by atoms with Gasteiger partial charge in [0.1, 0.15) is 5.75 Å². The molecule has 1 aromatic rings. The van der Waals surface area contributed by atoms with E-state index >= 15 is 0 Å². The molecule has 1 aromatic carbocycles. The molecular formula is C12H16N2O2. The summed E-state index contributed by atoms with van der Waals surface area (Å²) in [5.41, 5.74) is 7.30. The molecule has 0 saturated heterocycles. The first-order valence-corrected chi connectivity index (χ1v) is 5.39. The monoisotopic (exact) mass is 220 g/mol. The van der Waals surface area contributed by atoms with Crippen LogP contribution >= 0.6 is 0 Å². The van der Waals surface area contributed by atoms with Crippen LogP contribution in [-0.4, -0.2) is 29.5 Å². The fraction of sp³-hybridized carbons (Fsp3) is 0.417. The van der Waals surface area contributed by atoms with Gasteiger partial charge in [0.2, 0.25) is 5.91 Å². The lowest BCUT2D eigenvalue weighted by Gasteiger charge is -2.23. The third kappa shape index (κ3) is 1.88. The smallest absolute Gasteiger partial charge is 0.231 e. The number of nitrogens with zero attached hydrogens (tertiary/aromatic N) is 1. The Labute approximate surface area is 94.7 Å². The molecule has 0 aromatic heterocycles. The number of hydrogen-bond donors (Lipinski definition) is 2. The Balaban J connectivity index is 2.23. The van der Waals surface area contributed by atoms with Gasteiger partial charge in [0.05, 0.1) is 6.54 Å². The molecule has 0 heterocycles. The molecular weight excluding hydrogens is 204 g/mol. The molecule has 0 spiro atoms. The van der Waals surface area contributed by atoms with Gasteiger partial charge in [-0.25, -0.2) is 0 Å². The van der Waals surface area contributed by atoms with Gasteiger partial charge < -0.3 is 10.8 Å². The normalized spacial score (nSPS) is 18.8. The molecule has 0 radical (unpaired) electrons. The van der Waals surface area contributed by atoms with Crippen molar-refractivity contribution in [1.82, 2.24) is 4.90 Å². The molecule has 16 heavy (non-hydrogen) atoms. The van der Waals surface area contributed by atoms with Gasteiger partial charge in [-0.15, -0.1) is 0 Å². The zero-order chi connectivity index (χ0) is 11.7. The summed E-state index contributed by atoms with van der Waals surface area (Å²) in [5, 5.41) is 9.70. The fourth-order valence-electron chi connectivity index (χ4n) is 2.43. The summed E-state index contributed by atoms with van der Waals surface area (Å²) in [7, 11) is 1.88. The fourth-order valence-corrected chi connectivity index (χ4v) is 2.43. The van der Waals surface area contributed by atoms with E-state index in [1.165, 1.54) is 0 Å². The Hall–Kier alpha value is -1.55. The molecule has 0 bridgehead atoms. The molecule has 0 aliphatic heterocycles. The van der Waals surface area contributed by atoms with E-state index in [4.69, 9.17) is 5.73 Å². The van der Waals surface area contributed by atoms with E-state index in [0.29, 0.717) is 5.75 Å². The summed E-state index contributed by atoms with van der Waals surface area (Å²) in [4.78, 5) is 12.8. The number of amides is 1. The minimum atomic E-state index is -0.323. The number of primary amides is 1. The van der Waals surface area contributed by atoms with E-state index in [-0.39, 0.29) is 18.5 Å². The van der Waals surface area contributed by atoms with E-state index in [9.17, 15) is 9.90 Å². The van der Waals surface area contributed by atoms with Crippen molar-refractivity contribution in [3.8, 4) is 5.75 Å². The van der Waals surface area contributed by atoms with Crippen molar-refractivity contribution in [3.63, 3.8) is 0 Å². The number of fused-ring (bicyclic) bond motifs is 1. The minimum absolute atomic E-state index is 0.189. The third-order valence-electron chi connectivity index (χ3n) is 3.15. The van der Waals surface area contributed by atoms with Crippen LogP contribution in [0.25, 0.3) is 0 Å². The van der Waals surface area contributed by atoms with Crippen LogP contribution in [0.15, 0.2) is 18.2 Å². The molecule has 86 valence electrons. The number of carbonyl (C=O) groups excluding carboxylic acids is 1. The number of carbonyl (C=O) groups is 1. The molecule has 0 saturated carbocycles. The van der Waals surface area contributed by atoms with Crippen LogP contribution in [0.4, 0.5) is 0 Å². The lowest BCUT2D eigenvalue weighted by molar-refractivity contribution is -0.119. The summed E-state index contributed by atoms with van der Waals surface area (Å²) >= 11 is 0. The number of hydrogen-bond acceptors (Lipinski definition) is 3. The largest absolute Gasteiger partial charge is 0.508 e. The molecule has 1 amide bonds. The van der Waals surface area contributed by atoms with E-state index in [0.717, 1.165) is 24.0 Å². The Kier molecular flexibility index (Phi) is 2.83. The highest BCUT2D eigenvalue weighted by molar-refractivity contribution is 5.76. The second kappa shape index (κ2) is 4.14. The molecule has 4 nitrogen and oxygen atoms in total.